The fraction of sp³-hybridized carbons (Fsp3) is 0.733. The maximum atomic E-state index is 11.6. The summed E-state index contributed by atoms with van der Waals surface area (Å²) in [6, 6.07) is 0. The van der Waals surface area contributed by atoms with Crippen molar-refractivity contribution in [2.24, 2.45) is 11.8 Å². The Hall–Kier alpha value is -0.920. The molecule has 0 aromatic heterocycles. The summed E-state index contributed by atoms with van der Waals surface area (Å²) in [7, 11) is 0. The minimum atomic E-state index is 0.108. The Morgan fingerprint density at radius 3 is 2.53 bits per heavy atom. The van der Waals surface area contributed by atoms with Crippen LogP contribution in [0.15, 0.2) is 12.2 Å². The molecule has 98 valence electrons. The fourth-order valence-corrected chi connectivity index (χ4v) is 2.32. The molecule has 1 saturated carbocycles. The van der Waals surface area contributed by atoms with Gasteiger partial charge in [-0.2, -0.15) is 0 Å². The number of Topliss-reactive ketones (excluding diaryl/α,β-unsaturated/α-hetero) is 2. The quantitative estimate of drug-likeness (QED) is 0.680. The zero-order chi connectivity index (χ0) is 13.3. The molecule has 2 nitrogen and oxygen atoms in total. The molecular weight excluding hydrogens is 212 g/mol. The molecule has 0 aromatic rings. The Morgan fingerprint density at radius 2 is 2.00 bits per heavy atom. The monoisotopic (exact) mass is 238 g/mol. The summed E-state index contributed by atoms with van der Waals surface area (Å²) in [5.74, 6) is 0.967. The first-order chi connectivity index (χ1) is 8.15. The molecule has 1 fully saturated rings. The molecule has 17 heavy (non-hydrogen) atoms. The van der Waals surface area contributed by atoms with E-state index < -0.39 is 0 Å². The van der Waals surface area contributed by atoms with Crippen LogP contribution in [0.2, 0.25) is 0 Å². The number of carbonyl (C=O) groups excluding carboxylic acids is 2. The van der Waals surface area contributed by atoms with Crippen LogP contribution in [0, 0.1) is 11.8 Å². The van der Waals surface area contributed by atoms with Crippen molar-refractivity contribution in [1.82, 2.24) is 0 Å². The highest BCUT2D eigenvalue weighted by molar-refractivity contribution is 5.85. The maximum absolute atomic E-state index is 11.6. The highest BCUT2D eigenvalue weighted by Crippen LogP contribution is 2.34. The van der Waals surface area contributed by atoms with Gasteiger partial charge in [-0.25, -0.2) is 0 Å². The lowest BCUT2D eigenvalue weighted by Gasteiger charge is -2.14. The van der Waals surface area contributed by atoms with E-state index in [1.807, 2.05) is 13.8 Å². The van der Waals surface area contributed by atoms with Crippen LogP contribution in [-0.4, -0.2) is 11.6 Å². The van der Waals surface area contributed by atoms with Gasteiger partial charge in [-0.3, -0.25) is 4.79 Å². The smallest absolute Gasteiger partial charge is 0.136 e. The molecule has 1 rings (SSSR count). The van der Waals surface area contributed by atoms with E-state index in [2.05, 4.69) is 19.1 Å². The van der Waals surface area contributed by atoms with E-state index in [1.54, 1.807) is 6.92 Å². The van der Waals surface area contributed by atoms with Gasteiger partial charge in [-0.05, 0) is 32.1 Å². The first-order valence-electron chi connectivity index (χ1n) is 6.82. The van der Waals surface area contributed by atoms with Crippen LogP contribution < -0.4 is 0 Å². The van der Waals surface area contributed by atoms with Gasteiger partial charge in [0.15, 0.2) is 0 Å². The normalized spacial score (nSPS) is 23.6. The van der Waals surface area contributed by atoms with E-state index in [1.165, 1.54) is 0 Å². The number of hydrogen-bond donors (Lipinski definition) is 0. The minimum absolute atomic E-state index is 0.108. The van der Waals surface area contributed by atoms with Gasteiger partial charge < -0.3 is 4.79 Å². The molecule has 2 heteroatoms. The topological polar surface area (TPSA) is 34.1 Å². The molecular formula is C15H26O2. The van der Waals surface area contributed by atoms with Crippen molar-refractivity contribution in [1.29, 1.82) is 0 Å². The molecule has 0 aromatic carbocycles. The molecule has 0 unspecified atom stereocenters. The molecule has 1 aliphatic carbocycles. The van der Waals surface area contributed by atoms with Crippen LogP contribution in [0.25, 0.3) is 0 Å². The van der Waals surface area contributed by atoms with E-state index in [4.69, 9.17) is 0 Å². The Labute approximate surface area is 105 Å². The number of hydrogen-bond acceptors (Lipinski definition) is 2. The summed E-state index contributed by atoms with van der Waals surface area (Å²) >= 11 is 0. The summed E-state index contributed by atoms with van der Waals surface area (Å²) in [5.41, 5.74) is 0. The predicted octanol–water partition coefficient (Wildman–Crippen LogP) is 3.94. The first kappa shape index (κ1) is 16.1. The molecule has 0 aliphatic heterocycles. The van der Waals surface area contributed by atoms with Crippen molar-refractivity contribution in [2.75, 3.05) is 0 Å². The Balaban J connectivity index is 0.00000121. The molecule has 0 N–H and O–H groups in total. The number of allylic oxidation sites excluding steroid dienone is 2. The zero-order valence-corrected chi connectivity index (χ0v) is 11.7. The van der Waals surface area contributed by atoms with Crippen molar-refractivity contribution in [3.05, 3.63) is 12.2 Å². The van der Waals surface area contributed by atoms with Crippen molar-refractivity contribution >= 4 is 11.6 Å². The zero-order valence-electron chi connectivity index (χ0n) is 11.7. The molecule has 0 saturated heterocycles. The van der Waals surface area contributed by atoms with Crippen LogP contribution in [0.4, 0.5) is 0 Å². The minimum Gasteiger partial charge on any atom is -0.300 e. The lowest BCUT2D eigenvalue weighted by molar-refractivity contribution is -0.121. The number of ketones is 2. The van der Waals surface area contributed by atoms with Crippen molar-refractivity contribution in [3.63, 3.8) is 0 Å². The molecule has 0 radical (unpaired) electrons. The number of carbonyl (C=O) groups is 2. The summed E-state index contributed by atoms with van der Waals surface area (Å²) in [5, 5.41) is 0. The molecule has 0 bridgehead atoms. The van der Waals surface area contributed by atoms with Gasteiger partial charge in [0.05, 0.1) is 0 Å². The maximum Gasteiger partial charge on any atom is 0.136 e. The highest BCUT2D eigenvalue weighted by Gasteiger charge is 2.33. The third kappa shape index (κ3) is 5.81. The summed E-state index contributed by atoms with van der Waals surface area (Å²) < 4.78 is 0. The van der Waals surface area contributed by atoms with Crippen molar-refractivity contribution in [2.45, 2.75) is 59.8 Å². The van der Waals surface area contributed by atoms with Gasteiger partial charge >= 0.3 is 0 Å². The fourth-order valence-electron chi connectivity index (χ4n) is 2.32. The lowest BCUT2D eigenvalue weighted by Crippen LogP contribution is -2.16. The van der Waals surface area contributed by atoms with E-state index in [0.717, 1.165) is 19.3 Å². The number of rotatable bonds is 5. The van der Waals surface area contributed by atoms with Crippen LogP contribution in [0.5, 0.6) is 0 Å². The van der Waals surface area contributed by atoms with E-state index in [0.29, 0.717) is 24.5 Å². The highest BCUT2D eigenvalue weighted by atomic mass is 16.1. The second kappa shape index (κ2) is 9.15. The van der Waals surface area contributed by atoms with Gasteiger partial charge in [0.25, 0.3) is 0 Å². The summed E-state index contributed by atoms with van der Waals surface area (Å²) in [6.07, 6.45) is 8.17. The molecule has 0 heterocycles. The summed E-state index contributed by atoms with van der Waals surface area (Å²) in [4.78, 5) is 22.7. The molecule has 0 amide bonds. The molecule has 2 atom stereocenters. The van der Waals surface area contributed by atoms with Crippen LogP contribution in [0.3, 0.4) is 0 Å². The molecule has 1 aliphatic rings. The van der Waals surface area contributed by atoms with E-state index >= 15 is 0 Å². The third-order valence-electron chi connectivity index (χ3n) is 3.09. The van der Waals surface area contributed by atoms with Gasteiger partial charge in [0.1, 0.15) is 11.6 Å². The van der Waals surface area contributed by atoms with Crippen molar-refractivity contribution < 1.29 is 9.59 Å². The van der Waals surface area contributed by atoms with Gasteiger partial charge in [0.2, 0.25) is 0 Å². The van der Waals surface area contributed by atoms with Gasteiger partial charge in [-0.15, -0.1) is 0 Å². The lowest BCUT2D eigenvalue weighted by atomic mass is 9.88. The second-order valence-corrected chi connectivity index (χ2v) is 4.39. The predicted molar refractivity (Wildman–Crippen MR) is 71.9 cm³/mol. The van der Waals surface area contributed by atoms with E-state index in [9.17, 15) is 9.59 Å². The Morgan fingerprint density at radius 1 is 1.35 bits per heavy atom. The second-order valence-electron chi connectivity index (χ2n) is 4.39. The largest absolute Gasteiger partial charge is 0.300 e. The van der Waals surface area contributed by atoms with E-state index in [-0.39, 0.29) is 11.7 Å². The van der Waals surface area contributed by atoms with Crippen LogP contribution in [-0.2, 0) is 9.59 Å². The van der Waals surface area contributed by atoms with Crippen molar-refractivity contribution in [3.8, 4) is 0 Å². The summed E-state index contributed by atoms with van der Waals surface area (Å²) in [6.45, 7) is 7.70. The average Bonchev–Trinajstić information content (AvgIpc) is 2.63. The third-order valence-corrected chi connectivity index (χ3v) is 3.09. The Bertz CT molecular complexity index is 266. The Kier molecular flexibility index (Phi) is 8.65. The first-order valence-corrected chi connectivity index (χ1v) is 6.82. The van der Waals surface area contributed by atoms with Crippen LogP contribution >= 0.6 is 0 Å². The average molecular weight is 238 g/mol. The van der Waals surface area contributed by atoms with Gasteiger partial charge in [-0.1, -0.05) is 32.9 Å². The standard InChI is InChI=1S/C13H20O2.C2H6/c1-3-4-5-6-12-11(9-10(2)14)7-8-13(12)15;1-2/h4-5,11-12H,3,6-9H2,1-2H3;1-2H3/b5-4-;/t11-,12-;/m1./s1. The van der Waals surface area contributed by atoms with Gasteiger partial charge in [0, 0.05) is 18.8 Å². The van der Waals surface area contributed by atoms with Crippen LogP contribution in [0.1, 0.15) is 59.8 Å². The molecule has 0 spiro atoms. The SMILES string of the molecule is CC.CC/C=C\C[C@H]1C(=O)CC[C@@H]1CC(C)=O.